The summed E-state index contributed by atoms with van der Waals surface area (Å²) >= 11 is 0. The maximum absolute atomic E-state index is 12.8. The van der Waals surface area contributed by atoms with Gasteiger partial charge in [0, 0.05) is 45.7 Å². The van der Waals surface area contributed by atoms with E-state index < -0.39 is 6.04 Å². The first-order valence-electron chi connectivity index (χ1n) is 11.5. The average molecular weight is 428 g/mol. The highest BCUT2D eigenvalue weighted by molar-refractivity contribution is 6.04. The van der Waals surface area contributed by atoms with Gasteiger partial charge in [0.2, 0.25) is 5.91 Å². The summed E-state index contributed by atoms with van der Waals surface area (Å²) in [5.41, 5.74) is 1.03. The van der Waals surface area contributed by atoms with Gasteiger partial charge in [-0.25, -0.2) is 9.69 Å². The summed E-state index contributed by atoms with van der Waals surface area (Å²) in [5, 5.41) is 2.82. The number of rotatable bonds is 6. The lowest BCUT2D eigenvalue weighted by Crippen LogP contribution is -2.53. The zero-order valence-electron chi connectivity index (χ0n) is 18.2. The quantitative estimate of drug-likeness (QED) is 0.689. The third kappa shape index (κ3) is 5.62. The summed E-state index contributed by atoms with van der Waals surface area (Å²) in [6.45, 7) is 5.58. The molecule has 3 aliphatic rings. The summed E-state index contributed by atoms with van der Waals surface area (Å²) in [4.78, 5) is 45.4. The van der Waals surface area contributed by atoms with E-state index in [1.807, 2.05) is 35.2 Å². The van der Waals surface area contributed by atoms with Crippen molar-refractivity contribution in [3.05, 3.63) is 35.9 Å². The summed E-state index contributed by atoms with van der Waals surface area (Å²) in [6.07, 6.45) is 5.16. The Morgan fingerprint density at radius 2 is 1.52 bits per heavy atom. The second kappa shape index (κ2) is 10.2. The van der Waals surface area contributed by atoms with Crippen molar-refractivity contribution in [2.24, 2.45) is 0 Å². The molecule has 3 aliphatic heterocycles. The number of amides is 4. The predicted octanol–water partition coefficient (Wildman–Crippen LogP) is 1.13. The van der Waals surface area contributed by atoms with Gasteiger partial charge in [0.05, 0.1) is 13.2 Å². The van der Waals surface area contributed by atoms with Gasteiger partial charge in [-0.3, -0.25) is 19.4 Å². The van der Waals surface area contributed by atoms with E-state index in [4.69, 9.17) is 0 Å². The maximum atomic E-state index is 12.8. The van der Waals surface area contributed by atoms with Crippen molar-refractivity contribution in [2.75, 3.05) is 52.5 Å². The van der Waals surface area contributed by atoms with E-state index in [-0.39, 0.29) is 17.8 Å². The molecule has 0 saturated carbocycles. The largest absolute Gasteiger partial charge is 0.342 e. The van der Waals surface area contributed by atoms with Gasteiger partial charge in [0.25, 0.3) is 5.91 Å². The normalized spacial score (nSPS) is 23.7. The Morgan fingerprint density at radius 3 is 2.19 bits per heavy atom. The van der Waals surface area contributed by atoms with Crippen LogP contribution in [0.2, 0.25) is 0 Å². The van der Waals surface area contributed by atoms with Crippen molar-refractivity contribution in [1.29, 1.82) is 0 Å². The van der Waals surface area contributed by atoms with Crippen molar-refractivity contribution in [3.8, 4) is 0 Å². The first-order chi connectivity index (χ1) is 15.1. The number of piperazine rings is 1. The van der Waals surface area contributed by atoms with Crippen molar-refractivity contribution in [2.45, 2.75) is 38.1 Å². The van der Waals surface area contributed by atoms with Crippen LogP contribution in [0.3, 0.4) is 0 Å². The van der Waals surface area contributed by atoms with E-state index >= 15 is 0 Å². The van der Waals surface area contributed by atoms with Crippen molar-refractivity contribution in [3.63, 3.8) is 0 Å². The van der Waals surface area contributed by atoms with Crippen LogP contribution < -0.4 is 5.32 Å². The van der Waals surface area contributed by atoms with Crippen LogP contribution >= 0.6 is 0 Å². The molecule has 8 nitrogen and oxygen atoms in total. The topological polar surface area (TPSA) is 76.2 Å². The fraction of sp³-hybridized carbons (Fsp3) is 0.609. The average Bonchev–Trinajstić information content (AvgIpc) is 2.98. The molecule has 0 aromatic heterocycles. The highest BCUT2D eigenvalue weighted by Crippen LogP contribution is 2.14. The SMILES string of the molecule is O=C(CN1CCN(CN2C(=O)N[C@@H](Cc3ccccc3)C2=O)CC1)N1CCCCCC1. The maximum Gasteiger partial charge on any atom is 0.325 e. The Bertz CT molecular complexity index is 771. The van der Waals surface area contributed by atoms with Gasteiger partial charge in [-0.2, -0.15) is 0 Å². The van der Waals surface area contributed by atoms with Gasteiger partial charge in [-0.05, 0) is 18.4 Å². The van der Waals surface area contributed by atoms with E-state index in [2.05, 4.69) is 15.1 Å². The molecule has 1 N–H and O–H groups in total. The molecule has 3 heterocycles. The Balaban J connectivity index is 1.22. The number of nitrogens with one attached hydrogen (secondary N) is 1. The smallest absolute Gasteiger partial charge is 0.325 e. The molecule has 1 aromatic rings. The Labute approximate surface area is 184 Å². The standard InChI is InChI=1S/C23H33N5O3/c29-21(27-10-6-1-2-7-11-27)17-25-12-14-26(15-13-25)18-28-22(30)20(24-23(28)31)16-19-8-4-3-5-9-19/h3-5,8-9,20H,1-2,6-7,10-18H2,(H,24,31)/t20-/m0/s1. The first-order valence-corrected chi connectivity index (χ1v) is 11.5. The molecule has 0 unspecified atom stereocenters. The van der Waals surface area contributed by atoms with Gasteiger partial charge in [-0.15, -0.1) is 0 Å². The van der Waals surface area contributed by atoms with Gasteiger partial charge >= 0.3 is 6.03 Å². The van der Waals surface area contributed by atoms with Crippen LogP contribution in [0.4, 0.5) is 4.79 Å². The third-order valence-electron chi connectivity index (χ3n) is 6.51. The second-order valence-corrected chi connectivity index (χ2v) is 8.79. The molecule has 0 radical (unpaired) electrons. The number of urea groups is 1. The van der Waals surface area contributed by atoms with Crippen molar-refractivity contribution < 1.29 is 14.4 Å². The lowest BCUT2D eigenvalue weighted by molar-refractivity contribution is -0.132. The molecule has 1 aromatic carbocycles. The molecule has 8 heteroatoms. The molecule has 0 aliphatic carbocycles. The number of hydrogen-bond donors (Lipinski definition) is 1. The summed E-state index contributed by atoms with van der Waals surface area (Å²) in [7, 11) is 0. The van der Waals surface area contributed by atoms with Gasteiger partial charge in [0.15, 0.2) is 0 Å². The molecule has 31 heavy (non-hydrogen) atoms. The molecular weight excluding hydrogens is 394 g/mol. The van der Waals surface area contributed by atoms with Crippen LogP contribution in [-0.4, -0.2) is 96.0 Å². The number of benzene rings is 1. The highest BCUT2D eigenvalue weighted by Gasteiger charge is 2.39. The van der Waals surface area contributed by atoms with E-state index in [0.29, 0.717) is 19.6 Å². The minimum Gasteiger partial charge on any atom is -0.342 e. The van der Waals surface area contributed by atoms with E-state index in [1.165, 1.54) is 17.7 Å². The Kier molecular flexibility index (Phi) is 7.19. The predicted molar refractivity (Wildman–Crippen MR) is 117 cm³/mol. The molecule has 3 fully saturated rings. The zero-order chi connectivity index (χ0) is 21.6. The number of hydrogen-bond acceptors (Lipinski definition) is 5. The van der Waals surface area contributed by atoms with E-state index in [1.54, 1.807) is 0 Å². The van der Waals surface area contributed by atoms with Gasteiger partial charge in [-0.1, -0.05) is 43.2 Å². The first kappa shape index (κ1) is 21.8. The highest BCUT2D eigenvalue weighted by atomic mass is 16.2. The van der Waals surface area contributed by atoms with Crippen LogP contribution in [0, 0.1) is 0 Å². The minimum absolute atomic E-state index is 0.160. The molecule has 4 rings (SSSR count). The van der Waals surface area contributed by atoms with E-state index in [0.717, 1.165) is 57.7 Å². The molecule has 0 bridgehead atoms. The lowest BCUT2D eigenvalue weighted by atomic mass is 10.1. The van der Waals surface area contributed by atoms with Gasteiger partial charge < -0.3 is 10.2 Å². The Hall–Kier alpha value is -2.45. The summed E-state index contributed by atoms with van der Waals surface area (Å²) in [5.74, 6) is 0.0702. The fourth-order valence-corrected chi connectivity index (χ4v) is 4.60. The molecule has 168 valence electrons. The van der Waals surface area contributed by atoms with Crippen LogP contribution in [0.1, 0.15) is 31.2 Å². The van der Waals surface area contributed by atoms with Crippen molar-refractivity contribution in [1.82, 2.24) is 24.9 Å². The zero-order valence-corrected chi connectivity index (χ0v) is 18.2. The number of carbonyl (C=O) groups excluding carboxylic acids is 3. The fourth-order valence-electron chi connectivity index (χ4n) is 4.60. The lowest BCUT2D eigenvalue weighted by Gasteiger charge is -2.36. The van der Waals surface area contributed by atoms with Crippen LogP contribution in [0.5, 0.6) is 0 Å². The minimum atomic E-state index is -0.498. The summed E-state index contributed by atoms with van der Waals surface area (Å²) in [6, 6.07) is 8.93. The van der Waals surface area contributed by atoms with Gasteiger partial charge in [0.1, 0.15) is 6.04 Å². The third-order valence-corrected chi connectivity index (χ3v) is 6.51. The Morgan fingerprint density at radius 1 is 0.871 bits per heavy atom. The van der Waals surface area contributed by atoms with Crippen LogP contribution in [0.15, 0.2) is 30.3 Å². The molecule has 1 atom stereocenters. The van der Waals surface area contributed by atoms with Crippen LogP contribution in [0.25, 0.3) is 0 Å². The van der Waals surface area contributed by atoms with Crippen molar-refractivity contribution >= 4 is 17.8 Å². The molecule has 3 saturated heterocycles. The number of nitrogens with zero attached hydrogens (tertiary/aromatic N) is 4. The number of imide groups is 1. The van der Waals surface area contributed by atoms with Crippen LogP contribution in [-0.2, 0) is 16.0 Å². The molecule has 0 spiro atoms. The summed E-state index contributed by atoms with van der Waals surface area (Å²) < 4.78 is 0. The monoisotopic (exact) mass is 427 g/mol. The molecule has 4 amide bonds. The number of carbonyl (C=O) groups is 3. The second-order valence-electron chi connectivity index (χ2n) is 8.79. The van der Waals surface area contributed by atoms with E-state index in [9.17, 15) is 14.4 Å². The molecular formula is C23H33N5O3. The number of likely N-dealkylation sites (tertiary alicyclic amines) is 1.